The van der Waals surface area contributed by atoms with Gasteiger partial charge < -0.3 is 5.73 Å². The zero-order valence-corrected chi connectivity index (χ0v) is 9.90. The van der Waals surface area contributed by atoms with Gasteiger partial charge in [0.2, 0.25) is 5.91 Å². The van der Waals surface area contributed by atoms with Gasteiger partial charge in [-0.15, -0.1) is 0 Å². The summed E-state index contributed by atoms with van der Waals surface area (Å²) < 4.78 is 0.988. The van der Waals surface area contributed by atoms with Crippen molar-refractivity contribution in [1.82, 2.24) is 4.98 Å². The first-order chi connectivity index (χ1) is 7.16. The molecule has 0 aliphatic heterocycles. The van der Waals surface area contributed by atoms with Crippen LogP contribution in [0.5, 0.6) is 0 Å². The van der Waals surface area contributed by atoms with Crippen LogP contribution >= 0.6 is 15.9 Å². The molecular formula is C11H13BrN2O. The zero-order chi connectivity index (χ0) is 10.8. The van der Waals surface area contributed by atoms with E-state index in [2.05, 4.69) is 27.0 Å². The number of amides is 1. The van der Waals surface area contributed by atoms with Crippen LogP contribution in [0.1, 0.15) is 30.7 Å². The van der Waals surface area contributed by atoms with E-state index in [4.69, 9.17) is 5.73 Å². The summed E-state index contributed by atoms with van der Waals surface area (Å²) >= 11 is 3.40. The van der Waals surface area contributed by atoms with E-state index in [-0.39, 0.29) is 11.8 Å². The summed E-state index contributed by atoms with van der Waals surface area (Å²) in [6, 6.07) is 2.07. The third-order valence-corrected chi connectivity index (χ3v) is 3.47. The van der Waals surface area contributed by atoms with E-state index < -0.39 is 0 Å². The van der Waals surface area contributed by atoms with Gasteiger partial charge in [0.15, 0.2) is 0 Å². The maximum absolute atomic E-state index is 11.0. The van der Waals surface area contributed by atoms with Gasteiger partial charge in [-0.25, -0.2) is 0 Å². The standard InChI is InChI=1S/C11H13BrN2O/c12-10-4-9(5-14-6-10)7-1-2-8(3-7)11(13)15/h4-8H,1-3H2,(H2,13,15). The van der Waals surface area contributed by atoms with Crippen molar-refractivity contribution in [1.29, 1.82) is 0 Å². The molecule has 1 aromatic rings. The Hall–Kier alpha value is -0.900. The van der Waals surface area contributed by atoms with E-state index in [9.17, 15) is 4.79 Å². The second kappa shape index (κ2) is 4.31. The third kappa shape index (κ3) is 2.37. The highest BCUT2D eigenvalue weighted by Crippen LogP contribution is 2.38. The predicted octanol–water partition coefficient (Wildman–Crippen LogP) is 2.21. The maximum Gasteiger partial charge on any atom is 0.220 e. The van der Waals surface area contributed by atoms with Crippen molar-refractivity contribution in [3.05, 3.63) is 28.5 Å². The molecule has 1 saturated carbocycles. The number of carbonyl (C=O) groups is 1. The lowest BCUT2D eigenvalue weighted by Crippen LogP contribution is -2.20. The molecule has 1 aliphatic rings. The SMILES string of the molecule is NC(=O)C1CCC(c2cncc(Br)c2)C1. The Labute approximate surface area is 97.2 Å². The Morgan fingerprint density at radius 3 is 2.87 bits per heavy atom. The van der Waals surface area contributed by atoms with E-state index in [1.165, 1.54) is 5.56 Å². The van der Waals surface area contributed by atoms with Crippen LogP contribution in [-0.2, 0) is 4.79 Å². The van der Waals surface area contributed by atoms with Gasteiger partial charge in [0.05, 0.1) is 0 Å². The van der Waals surface area contributed by atoms with Crippen molar-refractivity contribution >= 4 is 21.8 Å². The van der Waals surface area contributed by atoms with E-state index in [0.717, 1.165) is 23.7 Å². The van der Waals surface area contributed by atoms with E-state index in [1.54, 1.807) is 6.20 Å². The Balaban J connectivity index is 2.11. The molecule has 1 aromatic heterocycles. The fourth-order valence-corrected chi connectivity index (χ4v) is 2.58. The minimum Gasteiger partial charge on any atom is -0.369 e. The summed E-state index contributed by atoms with van der Waals surface area (Å²) in [7, 11) is 0. The monoisotopic (exact) mass is 268 g/mol. The average Bonchev–Trinajstić information content (AvgIpc) is 2.66. The fraction of sp³-hybridized carbons (Fsp3) is 0.455. The predicted molar refractivity (Wildman–Crippen MR) is 61.2 cm³/mol. The first-order valence-electron chi connectivity index (χ1n) is 5.06. The smallest absolute Gasteiger partial charge is 0.220 e. The molecule has 2 rings (SSSR count). The number of nitrogens with zero attached hydrogens (tertiary/aromatic N) is 1. The highest BCUT2D eigenvalue weighted by atomic mass is 79.9. The first-order valence-corrected chi connectivity index (χ1v) is 5.86. The van der Waals surface area contributed by atoms with E-state index in [1.807, 2.05) is 6.20 Å². The Morgan fingerprint density at radius 1 is 1.47 bits per heavy atom. The minimum absolute atomic E-state index is 0.0500. The lowest BCUT2D eigenvalue weighted by molar-refractivity contribution is -0.121. The molecule has 0 bridgehead atoms. The highest BCUT2D eigenvalue weighted by molar-refractivity contribution is 9.10. The van der Waals surface area contributed by atoms with Crippen molar-refractivity contribution in [3.8, 4) is 0 Å². The van der Waals surface area contributed by atoms with Gasteiger partial charge in [0, 0.05) is 22.8 Å². The van der Waals surface area contributed by atoms with Gasteiger partial charge >= 0.3 is 0 Å². The topological polar surface area (TPSA) is 56.0 Å². The Morgan fingerprint density at radius 2 is 2.27 bits per heavy atom. The second-order valence-electron chi connectivity index (χ2n) is 4.05. The summed E-state index contributed by atoms with van der Waals surface area (Å²) in [4.78, 5) is 15.2. The molecule has 2 unspecified atom stereocenters. The molecule has 0 spiro atoms. The van der Waals surface area contributed by atoms with E-state index >= 15 is 0 Å². The molecule has 1 heterocycles. The van der Waals surface area contributed by atoms with Gasteiger partial charge in [-0.2, -0.15) is 0 Å². The van der Waals surface area contributed by atoms with Crippen LogP contribution in [-0.4, -0.2) is 10.9 Å². The van der Waals surface area contributed by atoms with Crippen molar-refractivity contribution in [2.75, 3.05) is 0 Å². The lowest BCUT2D eigenvalue weighted by atomic mass is 9.98. The van der Waals surface area contributed by atoms with Crippen LogP contribution in [0.2, 0.25) is 0 Å². The summed E-state index contributed by atoms with van der Waals surface area (Å²) in [6.45, 7) is 0. The van der Waals surface area contributed by atoms with Crippen LogP contribution in [0.25, 0.3) is 0 Å². The van der Waals surface area contributed by atoms with Gasteiger partial charge in [-0.1, -0.05) is 0 Å². The molecular weight excluding hydrogens is 256 g/mol. The third-order valence-electron chi connectivity index (χ3n) is 3.03. The number of hydrogen-bond acceptors (Lipinski definition) is 2. The number of primary amides is 1. The van der Waals surface area contributed by atoms with Crippen LogP contribution in [0.3, 0.4) is 0 Å². The maximum atomic E-state index is 11.0. The molecule has 1 aliphatic carbocycles. The fourth-order valence-electron chi connectivity index (χ4n) is 2.19. The number of rotatable bonds is 2. The van der Waals surface area contributed by atoms with Crippen molar-refractivity contribution in [2.24, 2.45) is 11.7 Å². The van der Waals surface area contributed by atoms with Gasteiger partial charge in [-0.05, 0) is 52.7 Å². The highest BCUT2D eigenvalue weighted by Gasteiger charge is 2.29. The second-order valence-corrected chi connectivity index (χ2v) is 4.96. The Kier molecular flexibility index (Phi) is 3.05. The zero-order valence-electron chi connectivity index (χ0n) is 8.32. The summed E-state index contributed by atoms with van der Waals surface area (Å²) in [5.41, 5.74) is 6.51. The number of nitrogens with two attached hydrogens (primary N) is 1. The number of halogens is 1. The molecule has 2 N–H and O–H groups in total. The molecule has 3 nitrogen and oxygen atoms in total. The summed E-state index contributed by atoms with van der Waals surface area (Å²) in [5.74, 6) is 0.321. The van der Waals surface area contributed by atoms with Crippen molar-refractivity contribution in [3.63, 3.8) is 0 Å². The molecule has 0 saturated heterocycles. The Bertz CT molecular complexity index is 381. The minimum atomic E-state index is -0.166. The molecule has 4 heteroatoms. The van der Waals surface area contributed by atoms with Crippen molar-refractivity contribution in [2.45, 2.75) is 25.2 Å². The summed E-state index contributed by atoms with van der Waals surface area (Å²) in [5, 5.41) is 0. The van der Waals surface area contributed by atoms with Crippen molar-refractivity contribution < 1.29 is 4.79 Å². The molecule has 15 heavy (non-hydrogen) atoms. The lowest BCUT2D eigenvalue weighted by Gasteiger charge is -2.09. The molecule has 1 fully saturated rings. The van der Waals surface area contributed by atoms with Crippen LogP contribution in [0.4, 0.5) is 0 Å². The largest absolute Gasteiger partial charge is 0.369 e. The molecule has 2 atom stereocenters. The normalized spacial score (nSPS) is 25.4. The first kappa shape index (κ1) is 10.6. The molecule has 0 radical (unpaired) electrons. The molecule has 1 amide bonds. The number of aromatic nitrogens is 1. The van der Waals surface area contributed by atoms with Crippen LogP contribution < -0.4 is 5.73 Å². The number of carbonyl (C=O) groups excluding carboxylic acids is 1. The number of hydrogen-bond donors (Lipinski definition) is 1. The molecule has 80 valence electrons. The van der Waals surface area contributed by atoms with Crippen LogP contribution in [0.15, 0.2) is 22.9 Å². The van der Waals surface area contributed by atoms with E-state index in [0.29, 0.717) is 5.92 Å². The van der Waals surface area contributed by atoms with Gasteiger partial charge in [-0.3, -0.25) is 9.78 Å². The quantitative estimate of drug-likeness (QED) is 0.894. The average molecular weight is 269 g/mol. The van der Waals surface area contributed by atoms with Crippen LogP contribution in [0, 0.1) is 5.92 Å². The number of pyridine rings is 1. The molecule has 0 aromatic carbocycles. The van der Waals surface area contributed by atoms with Gasteiger partial charge in [0.25, 0.3) is 0 Å². The summed E-state index contributed by atoms with van der Waals surface area (Å²) in [6.07, 6.45) is 6.45. The van der Waals surface area contributed by atoms with Gasteiger partial charge in [0.1, 0.15) is 0 Å².